The molecule has 1 aromatic heterocycles. The number of nitrogens with one attached hydrogen (secondary N) is 1. The van der Waals surface area contributed by atoms with Gasteiger partial charge in [0.15, 0.2) is 0 Å². The Hall–Kier alpha value is -2.36. The Morgan fingerprint density at radius 3 is 2.62 bits per heavy atom. The molecule has 16 heavy (non-hydrogen) atoms. The van der Waals surface area contributed by atoms with E-state index in [0.29, 0.717) is 0 Å². The van der Waals surface area contributed by atoms with Gasteiger partial charge in [0.1, 0.15) is 0 Å². The van der Waals surface area contributed by atoms with Crippen molar-refractivity contribution in [1.82, 2.24) is 4.98 Å². The third-order valence-corrected chi connectivity index (χ3v) is 2.23. The minimum Gasteiger partial charge on any atom is -0.361 e. The van der Waals surface area contributed by atoms with Crippen LogP contribution < -0.4 is 0 Å². The number of aromatic amines is 1. The second-order valence-corrected chi connectivity index (χ2v) is 3.27. The summed E-state index contributed by atoms with van der Waals surface area (Å²) in [6.07, 6.45) is 4.16. The van der Waals surface area contributed by atoms with E-state index in [4.69, 9.17) is 0 Å². The normalized spacial score (nSPS) is 10.8. The van der Waals surface area contributed by atoms with E-state index in [-0.39, 0.29) is 0 Å². The molecule has 4 heteroatoms. The minimum atomic E-state index is -0.477. The van der Waals surface area contributed by atoms with E-state index < -0.39 is 4.92 Å². The number of hydrogen-bond acceptors (Lipinski definition) is 2. The number of aromatic nitrogens is 1. The first-order valence-electron chi connectivity index (χ1n) is 4.82. The molecular weight excluding hydrogens is 204 g/mol. The maximum atomic E-state index is 10.2. The van der Waals surface area contributed by atoms with Crippen LogP contribution in [0.2, 0.25) is 0 Å². The van der Waals surface area contributed by atoms with Crippen LogP contribution in [0, 0.1) is 10.1 Å². The molecule has 0 amide bonds. The molecule has 0 unspecified atom stereocenters. The van der Waals surface area contributed by atoms with Crippen molar-refractivity contribution in [2.45, 2.75) is 0 Å². The highest BCUT2D eigenvalue weighted by Gasteiger charge is 2.03. The van der Waals surface area contributed by atoms with Crippen LogP contribution >= 0.6 is 0 Å². The number of nitro groups is 1. The van der Waals surface area contributed by atoms with Crippen LogP contribution in [0.1, 0.15) is 5.69 Å². The molecule has 0 aliphatic carbocycles. The van der Waals surface area contributed by atoms with Crippen molar-refractivity contribution < 1.29 is 4.92 Å². The predicted molar refractivity (Wildman–Crippen MR) is 62.3 cm³/mol. The third kappa shape index (κ3) is 2.17. The quantitative estimate of drug-likeness (QED) is 0.630. The van der Waals surface area contributed by atoms with Crippen molar-refractivity contribution in [3.63, 3.8) is 0 Å². The van der Waals surface area contributed by atoms with Gasteiger partial charge in [0.05, 0.1) is 10.6 Å². The van der Waals surface area contributed by atoms with Gasteiger partial charge in [-0.05, 0) is 11.6 Å². The lowest BCUT2D eigenvalue weighted by molar-refractivity contribution is -0.400. The van der Waals surface area contributed by atoms with Gasteiger partial charge in [0.25, 0.3) is 0 Å². The van der Waals surface area contributed by atoms with E-state index in [1.165, 1.54) is 6.08 Å². The van der Waals surface area contributed by atoms with E-state index >= 15 is 0 Å². The highest BCUT2D eigenvalue weighted by molar-refractivity contribution is 5.73. The van der Waals surface area contributed by atoms with Crippen LogP contribution in [0.5, 0.6) is 0 Å². The molecule has 0 saturated heterocycles. The first-order chi connectivity index (χ1) is 7.77. The van der Waals surface area contributed by atoms with Crippen molar-refractivity contribution in [2.75, 3.05) is 0 Å². The molecule has 1 aromatic carbocycles. The van der Waals surface area contributed by atoms with E-state index in [9.17, 15) is 10.1 Å². The number of nitrogens with zero attached hydrogens (tertiary/aromatic N) is 1. The van der Waals surface area contributed by atoms with E-state index in [0.717, 1.165) is 23.0 Å². The SMILES string of the molecule is O=[N+]([O-])C=Cc1[nH]ccc1-c1ccccc1. The van der Waals surface area contributed by atoms with E-state index in [1.54, 1.807) is 6.20 Å². The van der Waals surface area contributed by atoms with Crippen LogP contribution in [0.3, 0.4) is 0 Å². The summed E-state index contributed by atoms with van der Waals surface area (Å²) in [6, 6.07) is 11.6. The molecule has 4 nitrogen and oxygen atoms in total. The van der Waals surface area contributed by atoms with Gasteiger partial charge in [0.2, 0.25) is 6.20 Å². The van der Waals surface area contributed by atoms with Gasteiger partial charge < -0.3 is 4.98 Å². The fourth-order valence-corrected chi connectivity index (χ4v) is 1.53. The first kappa shape index (κ1) is 10.2. The Labute approximate surface area is 92.4 Å². The zero-order chi connectivity index (χ0) is 11.4. The van der Waals surface area contributed by atoms with Crippen molar-refractivity contribution >= 4 is 6.08 Å². The third-order valence-electron chi connectivity index (χ3n) is 2.23. The van der Waals surface area contributed by atoms with Gasteiger partial charge in [-0.1, -0.05) is 30.3 Å². The van der Waals surface area contributed by atoms with E-state index in [2.05, 4.69) is 4.98 Å². The number of hydrogen-bond donors (Lipinski definition) is 1. The van der Waals surface area contributed by atoms with E-state index in [1.807, 2.05) is 36.4 Å². The maximum absolute atomic E-state index is 10.2. The molecule has 0 radical (unpaired) electrons. The van der Waals surface area contributed by atoms with Gasteiger partial charge in [0, 0.05) is 17.8 Å². The second kappa shape index (κ2) is 4.44. The molecule has 2 aromatic rings. The maximum Gasteiger partial charge on any atom is 0.236 e. The Morgan fingerprint density at radius 1 is 1.19 bits per heavy atom. The molecule has 0 aliphatic rings. The Kier molecular flexibility index (Phi) is 2.82. The predicted octanol–water partition coefficient (Wildman–Crippen LogP) is 2.93. The molecular formula is C12H10N2O2. The average Bonchev–Trinajstić information content (AvgIpc) is 2.75. The molecule has 1 N–H and O–H groups in total. The van der Waals surface area contributed by atoms with Crippen molar-refractivity contribution in [1.29, 1.82) is 0 Å². The lowest BCUT2D eigenvalue weighted by Crippen LogP contribution is -1.84. The van der Waals surface area contributed by atoms with Crippen LogP contribution in [0.15, 0.2) is 48.8 Å². The highest BCUT2D eigenvalue weighted by Crippen LogP contribution is 2.23. The largest absolute Gasteiger partial charge is 0.361 e. The monoisotopic (exact) mass is 214 g/mol. The fourth-order valence-electron chi connectivity index (χ4n) is 1.53. The minimum absolute atomic E-state index is 0.477. The fraction of sp³-hybridized carbons (Fsp3) is 0. The van der Waals surface area contributed by atoms with Crippen LogP contribution in [-0.2, 0) is 0 Å². The molecule has 1 heterocycles. The van der Waals surface area contributed by atoms with Gasteiger partial charge in [-0.15, -0.1) is 0 Å². The van der Waals surface area contributed by atoms with Crippen LogP contribution in [-0.4, -0.2) is 9.91 Å². The van der Waals surface area contributed by atoms with Crippen LogP contribution in [0.25, 0.3) is 17.2 Å². The zero-order valence-electron chi connectivity index (χ0n) is 8.46. The Balaban J connectivity index is 2.37. The molecule has 0 fully saturated rings. The lowest BCUT2D eigenvalue weighted by Gasteiger charge is -1.98. The average molecular weight is 214 g/mol. The van der Waals surface area contributed by atoms with Crippen molar-refractivity contribution in [2.24, 2.45) is 0 Å². The van der Waals surface area contributed by atoms with Crippen molar-refractivity contribution in [3.8, 4) is 11.1 Å². The van der Waals surface area contributed by atoms with Crippen LogP contribution in [0.4, 0.5) is 0 Å². The Morgan fingerprint density at radius 2 is 1.94 bits per heavy atom. The van der Waals surface area contributed by atoms with Gasteiger partial charge >= 0.3 is 0 Å². The molecule has 0 aliphatic heterocycles. The smallest absolute Gasteiger partial charge is 0.236 e. The summed E-state index contributed by atoms with van der Waals surface area (Å²) in [7, 11) is 0. The van der Waals surface area contributed by atoms with Gasteiger partial charge in [-0.3, -0.25) is 10.1 Å². The molecule has 0 spiro atoms. The summed E-state index contributed by atoms with van der Waals surface area (Å²) in [5, 5.41) is 10.2. The highest BCUT2D eigenvalue weighted by atomic mass is 16.6. The molecule has 0 bridgehead atoms. The summed E-state index contributed by atoms with van der Waals surface area (Å²) in [4.78, 5) is 12.7. The summed E-state index contributed by atoms with van der Waals surface area (Å²) >= 11 is 0. The first-order valence-corrected chi connectivity index (χ1v) is 4.82. The summed E-state index contributed by atoms with van der Waals surface area (Å²) < 4.78 is 0. The standard InChI is InChI=1S/C12H10N2O2/c15-14(16)9-7-12-11(6-8-13-12)10-4-2-1-3-5-10/h1-9,13H. The summed E-state index contributed by atoms with van der Waals surface area (Å²) in [5.74, 6) is 0. The second-order valence-electron chi connectivity index (χ2n) is 3.27. The van der Waals surface area contributed by atoms with Crippen molar-refractivity contribution in [3.05, 3.63) is 64.6 Å². The number of rotatable bonds is 3. The molecule has 0 saturated carbocycles. The number of H-pyrrole nitrogens is 1. The Bertz CT molecular complexity index is 515. The molecule has 2 rings (SSSR count). The molecule has 80 valence electrons. The molecule has 0 atom stereocenters. The zero-order valence-corrected chi connectivity index (χ0v) is 8.46. The van der Waals surface area contributed by atoms with Gasteiger partial charge in [-0.2, -0.15) is 0 Å². The number of benzene rings is 1. The topological polar surface area (TPSA) is 58.9 Å². The van der Waals surface area contributed by atoms with Gasteiger partial charge in [-0.25, -0.2) is 0 Å². The summed E-state index contributed by atoms with van der Waals surface area (Å²) in [6.45, 7) is 0. The lowest BCUT2D eigenvalue weighted by atomic mass is 10.1. The summed E-state index contributed by atoms with van der Waals surface area (Å²) in [5.41, 5.74) is 2.73.